The van der Waals surface area contributed by atoms with Crippen LogP contribution in [0.4, 0.5) is 5.69 Å². The van der Waals surface area contributed by atoms with Gasteiger partial charge in [0.1, 0.15) is 0 Å². The van der Waals surface area contributed by atoms with E-state index in [4.69, 9.17) is 0 Å². The predicted molar refractivity (Wildman–Crippen MR) is 114 cm³/mol. The highest BCUT2D eigenvalue weighted by atomic mass is 16.2. The van der Waals surface area contributed by atoms with Crippen LogP contribution in [0.1, 0.15) is 15.9 Å². The molecule has 4 aromatic rings. The molecular weight excluding hydrogens is 346 g/mol. The average molecular weight is 367 g/mol. The van der Waals surface area contributed by atoms with Crippen molar-refractivity contribution in [2.24, 2.45) is 0 Å². The number of rotatable bonds is 1. The first-order valence-electron chi connectivity index (χ1n) is 9.57. The van der Waals surface area contributed by atoms with Gasteiger partial charge in [-0.3, -0.25) is 9.78 Å². The van der Waals surface area contributed by atoms with Gasteiger partial charge in [-0.15, -0.1) is 0 Å². The molecule has 0 unspecified atom stereocenters. The number of likely N-dealkylation sites (N-methyl/N-ethyl adjacent to an activating group) is 1. The molecule has 138 valence electrons. The Morgan fingerprint density at radius 3 is 2.64 bits per heavy atom. The topological polar surface area (TPSA) is 36.4 Å². The summed E-state index contributed by atoms with van der Waals surface area (Å²) >= 11 is 0. The highest BCUT2D eigenvalue weighted by molar-refractivity contribution is 6.15. The fourth-order valence-electron chi connectivity index (χ4n) is 4.13. The Kier molecular flexibility index (Phi) is 3.97. The molecule has 1 aliphatic heterocycles. The van der Waals surface area contributed by atoms with E-state index in [9.17, 15) is 4.79 Å². The molecule has 0 fully saturated rings. The molecule has 28 heavy (non-hydrogen) atoms. The van der Waals surface area contributed by atoms with Crippen molar-refractivity contribution < 1.29 is 4.79 Å². The fraction of sp³-hybridized carbons (Fsp3) is 0.167. The molecule has 4 nitrogen and oxygen atoms in total. The monoisotopic (exact) mass is 367 g/mol. The lowest BCUT2D eigenvalue weighted by molar-refractivity contribution is 0.0753. The quantitative estimate of drug-likeness (QED) is 0.466. The van der Waals surface area contributed by atoms with Gasteiger partial charge in [0.05, 0.1) is 11.1 Å². The maximum atomic E-state index is 13.6. The largest absolute Gasteiger partial charge is 0.373 e. The first-order chi connectivity index (χ1) is 13.7. The van der Waals surface area contributed by atoms with Crippen LogP contribution >= 0.6 is 0 Å². The van der Waals surface area contributed by atoms with Gasteiger partial charge < -0.3 is 9.80 Å². The second kappa shape index (κ2) is 6.64. The van der Waals surface area contributed by atoms with E-state index in [0.717, 1.165) is 28.2 Å². The molecular formula is C24H21N3O. The van der Waals surface area contributed by atoms with Crippen LogP contribution in [0.3, 0.4) is 0 Å². The van der Waals surface area contributed by atoms with Crippen molar-refractivity contribution in [3.05, 3.63) is 84.1 Å². The Bertz CT molecular complexity index is 1200. The van der Waals surface area contributed by atoms with Crippen LogP contribution in [-0.2, 0) is 6.54 Å². The van der Waals surface area contributed by atoms with E-state index in [2.05, 4.69) is 41.2 Å². The zero-order chi connectivity index (χ0) is 19.1. The van der Waals surface area contributed by atoms with E-state index in [-0.39, 0.29) is 5.91 Å². The van der Waals surface area contributed by atoms with Crippen LogP contribution < -0.4 is 4.90 Å². The third-order valence-corrected chi connectivity index (χ3v) is 5.60. The number of fused-ring (bicyclic) bond motifs is 4. The Labute approximate surface area is 164 Å². The third kappa shape index (κ3) is 2.69. The van der Waals surface area contributed by atoms with Gasteiger partial charge in [0.25, 0.3) is 5.91 Å². The molecule has 3 aromatic carbocycles. The molecule has 0 spiro atoms. The van der Waals surface area contributed by atoms with Gasteiger partial charge in [-0.1, -0.05) is 48.5 Å². The summed E-state index contributed by atoms with van der Waals surface area (Å²) in [5, 5.41) is 3.22. The van der Waals surface area contributed by atoms with E-state index in [0.29, 0.717) is 18.7 Å². The first kappa shape index (κ1) is 16.8. The van der Waals surface area contributed by atoms with Gasteiger partial charge in [0.15, 0.2) is 0 Å². The SMILES string of the molecule is CN1CCN(C(=O)c2cc3ccccc3c3cccnc23)Cc2ccccc21. The van der Waals surface area contributed by atoms with Gasteiger partial charge in [0.2, 0.25) is 0 Å². The maximum Gasteiger partial charge on any atom is 0.256 e. The van der Waals surface area contributed by atoms with Crippen molar-refractivity contribution in [1.29, 1.82) is 0 Å². The number of benzene rings is 3. The highest BCUT2D eigenvalue weighted by Gasteiger charge is 2.24. The average Bonchev–Trinajstić information content (AvgIpc) is 2.92. The number of aromatic nitrogens is 1. The van der Waals surface area contributed by atoms with Crippen LogP contribution in [0.15, 0.2) is 72.9 Å². The van der Waals surface area contributed by atoms with E-state index in [1.807, 2.05) is 47.4 Å². The lowest BCUT2D eigenvalue weighted by Crippen LogP contribution is -2.34. The van der Waals surface area contributed by atoms with Crippen LogP contribution in [-0.4, -0.2) is 35.9 Å². The molecule has 1 aliphatic rings. The molecule has 0 N–H and O–H groups in total. The van der Waals surface area contributed by atoms with Crippen LogP contribution in [0.25, 0.3) is 21.7 Å². The smallest absolute Gasteiger partial charge is 0.256 e. The lowest BCUT2D eigenvalue weighted by Gasteiger charge is -2.22. The Morgan fingerprint density at radius 1 is 0.929 bits per heavy atom. The minimum Gasteiger partial charge on any atom is -0.373 e. The summed E-state index contributed by atoms with van der Waals surface area (Å²) in [4.78, 5) is 22.3. The first-order valence-corrected chi connectivity index (χ1v) is 9.57. The Morgan fingerprint density at radius 2 is 1.71 bits per heavy atom. The summed E-state index contributed by atoms with van der Waals surface area (Å²) in [5.74, 6) is 0.0413. The van der Waals surface area contributed by atoms with E-state index >= 15 is 0 Å². The van der Waals surface area contributed by atoms with E-state index < -0.39 is 0 Å². The fourth-order valence-corrected chi connectivity index (χ4v) is 4.13. The van der Waals surface area contributed by atoms with Gasteiger partial charge in [0, 0.05) is 44.0 Å². The zero-order valence-corrected chi connectivity index (χ0v) is 15.8. The van der Waals surface area contributed by atoms with Crippen LogP contribution in [0, 0.1) is 0 Å². The van der Waals surface area contributed by atoms with Crippen LogP contribution in [0.2, 0.25) is 0 Å². The van der Waals surface area contributed by atoms with Crippen molar-refractivity contribution in [3.8, 4) is 0 Å². The van der Waals surface area contributed by atoms with Gasteiger partial charge in [-0.25, -0.2) is 0 Å². The number of para-hydroxylation sites is 1. The molecule has 0 bridgehead atoms. The number of pyridine rings is 1. The van der Waals surface area contributed by atoms with Crippen molar-refractivity contribution >= 4 is 33.3 Å². The number of hydrogen-bond donors (Lipinski definition) is 0. The van der Waals surface area contributed by atoms with Crippen molar-refractivity contribution in [2.45, 2.75) is 6.54 Å². The van der Waals surface area contributed by atoms with Gasteiger partial charge >= 0.3 is 0 Å². The number of nitrogens with zero attached hydrogens (tertiary/aromatic N) is 3. The van der Waals surface area contributed by atoms with Gasteiger partial charge in [-0.2, -0.15) is 0 Å². The second-order valence-electron chi connectivity index (χ2n) is 7.32. The molecule has 1 amide bonds. The molecule has 1 aromatic heterocycles. The molecule has 4 heteroatoms. The normalized spacial score (nSPS) is 14.2. The van der Waals surface area contributed by atoms with Crippen molar-refractivity contribution in [1.82, 2.24) is 9.88 Å². The summed E-state index contributed by atoms with van der Waals surface area (Å²) in [7, 11) is 2.08. The molecule has 0 radical (unpaired) electrons. The molecule has 5 rings (SSSR count). The maximum absolute atomic E-state index is 13.6. The molecule has 0 atom stereocenters. The molecule has 0 aliphatic carbocycles. The van der Waals surface area contributed by atoms with Crippen LogP contribution in [0.5, 0.6) is 0 Å². The predicted octanol–water partition coefficient (Wildman–Crippen LogP) is 4.48. The zero-order valence-electron chi connectivity index (χ0n) is 15.8. The molecule has 0 saturated heterocycles. The number of anilines is 1. The minimum absolute atomic E-state index is 0.0413. The summed E-state index contributed by atoms with van der Waals surface area (Å²) in [6.45, 7) is 2.10. The number of carbonyl (C=O) groups is 1. The third-order valence-electron chi connectivity index (χ3n) is 5.60. The minimum atomic E-state index is 0.0413. The van der Waals surface area contributed by atoms with E-state index in [1.165, 1.54) is 11.3 Å². The summed E-state index contributed by atoms with van der Waals surface area (Å²) in [6, 6.07) is 22.5. The molecule has 2 heterocycles. The second-order valence-corrected chi connectivity index (χ2v) is 7.32. The Hall–Kier alpha value is -3.40. The van der Waals surface area contributed by atoms with Gasteiger partial charge in [-0.05, 0) is 34.5 Å². The number of carbonyl (C=O) groups excluding carboxylic acids is 1. The number of amides is 1. The van der Waals surface area contributed by atoms with Crippen molar-refractivity contribution in [2.75, 3.05) is 25.0 Å². The summed E-state index contributed by atoms with van der Waals surface area (Å²) in [6.07, 6.45) is 1.76. The standard InChI is InChI=1S/C24H21N3O/c1-26-13-14-27(16-18-8-3-5-11-22(18)26)24(28)21-15-17-7-2-4-9-19(17)20-10-6-12-25-23(20)21/h2-12,15H,13-14,16H2,1H3. The highest BCUT2D eigenvalue weighted by Crippen LogP contribution is 2.30. The number of hydrogen-bond acceptors (Lipinski definition) is 3. The van der Waals surface area contributed by atoms with E-state index in [1.54, 1.807) is 6.20 Å². The molecule has 0 saturated carbocycles. The summed E-state index contributed by atoms with van der Waals surface area (Å²) in [5.41, 5.74) is 3.82. The lowest BCUT2D eigenvalue weighted by atomic mass is 10.00. The Balaban J connectivity index is 1.63. The summed E-state index contributed by atoms with van der Waals surface area (Å²) < 4.78 is 0. The van der Waals surface area contributed by atoms with Crippen molar-refractivity contribution in [3.63, 3.8) is 0 Å².